The van der Waals surface area contributed by atoms with E-state index in [2.05, 4.69) is 10.1 Å². The third kappa shape index (κ3) is 3.52. The summed E-state index contributed by atoms with van der Waals surface area (Å²) in [7, 11) is 0. The van der Waals surface area contributed by atoms with Gasteiger partial charge in [-0.2, -0.15) is 5.10 Å². The minimum absolute atomic E-state index is 0. The summed E-state index contributed by atoms with van der Waals surface area (Å²) in [6, 6.07) is 7.67. The first-order chi connectivity index (χ1) is 7.79. The van der Waals surface area contributed by atoms with Crippen molar-refractivity contribution in [2.24, 2.45) is 5.73 Å². The first-order valence-electron chi connectivity index (χ1n) is 5.10. The minimum Gasteiger partial charge on any atom is -0.395 e. The van der Waals surface area contributed by atoms with Crippen molar-refractivity contribution in [3.63, 3.8) is 0 Å². The first-order valence-corrected chi connectivity index (χ1v) is 5.10. The summed E-state index contributed by atoms with van der Waals surface area (Å²) in [6.45, 7) is 0.00479. The Labute approximate surface area is 106 Å². The molecule has 5 nitrogen and oxygen atoms in total. The van der Waals surface area contributed by atoms with Crippen molar-refractivity contribution < 1.29 is 5.11 Å². The molecule has 1 atom stereocenters. The van der Waals surface area contributed by atoms with E-state index in [-0.39, 0.29) is 25.1 Å². The highest BCUT2D eigenvalue weighted by Gasteiger charge is 2.02. The molecule has 0 amide bonds. The van der Waals surface area contributed by atoms with Crippen LogP contribution < -0.4 is 5.73 Å². The summed E-state index contributed by atoms with van der Waals surface area (Å²) >= 11 is 0. The number of benzene rings is 1. The van der Waals surface area contributed by atoms with Crippen molar-refractivity contribution >= 4 is 12.4 Å². The predicted octanol–water partition coefficient (Wildman–Crippen LogP) is 0.551. The average molecular weight is 255 g/mol. The Hall–Kier alpha value is -1.43. The van der Waals surface area contributed by atoms with Gasteiger partial charge in [-0.15, -0.1) is 12.4 Å². The van der Waals surface area contributed by atoms with Crippen LogP contribution in [-0.2, 0) is 6.42 Å². The van der Waals surface area contributed by atoms with Gasteiger partial charge in [-0.05, 0) is 24.1 Å². The monoisotopic (exact) mass is 254 g/mol. The van der Waals surface area contributed by atoms with Crippen LogP contribution in [0, 0.1) is 0 Å². The van der Waals surface area contributed by atoms with E-state index >= 15 is 0 Å². The molecule has 3 N–H and O–H groups in total. The Morgan fingerprint density at radius 3 is 2.53 bits per heavy atom. The lowest BCUT2D eigenvalue weighted by atomic mass is 10.1. The molecule has 1 aromatic heterocycles. The largest absolute Gasteiger partial charge is 0.395 e. The number of nitrogens with zero attached hydrogens (tertiary/aromatic N) is 3. The van der Waals surface area contributed by atoms with Gasteiger partial charge in [0.25, 0.3) is 0 Å². The molecule has 92 valence electrons. The molecule has 0 fully saturated rings. The van der Waals surface area contributed by atoms with Crippen molar-refractivity contribution in [1.82, 2.24) is 14.8 Å². The van der Waals surface area contributed by atoms with Gasteiger partial charge in [0.05, 0.1) is 12.3 Å². The molecule has 6 heteroatoms. The molecule has 17 heavy (non-hydrogen) atoms. The summed E-state index contributed by atoms with van der Waals surface area (Å²) in [5.41, 5.74) is 7.72. The van der Waals surface area contributed by atoms with Crippen LogP contribution in [0.5, 0.6) is 0 Å². The third-order valence-corrected chi connectivity index (χ3v) is 2.35. The van der Waals surface area contributed by atoms with Gasteiger partial charge in [-0.1, -0.05) is 12.1 Å². The maximum absolute atomic E-state index is 8.85. The lowest BCUT2D eigenvalue weighted by Gasteiger charge is -2.08. The summed E-state index contributed by atoms with van der Waals surface area (Å²) in [4.78, 5) is 3.88. The van der Waals surface area contributed by atoms with Gasteiger partial charge in [0.1, 0.15) is 12.7 Å². The van der Waals surface area contributed by atoms with Gasteiger partial charge in [0.15, 0.2) is 0 Å². The zero-order valence-electron chi connectivity index (χ0n) is 9.23. The molecule has 1 heterocycles. The molecular weight excluding hydrogens is 240 g/mol. The number of aliphatic hydroxyl groups excluding tert-OH is 1. The number of nitrogens with two attached hydrogens (primary N) is 1. The van der Waals surface area contributed by atoms with Crippen LogP contribution in [0.3, 0.4) is 0 Å². The Balaban J connectivity index is 0.00000144. The predicted molar refractivity (Wildman–Crippen MR) is 67.4 cm³/mol. The Morgan fingerprint density at radius 2 is 2.00 bits per heavy atom. The van der Waals surface area contributed by atoms with E-state index in [0.717, 1.165) is 11.3 Å². The number of aromatic nitrogens is 3. The Bertz CT molecular complexity index is 429. The molecule has 0 bridgehead atoms. The molecule has 0 radical (unpaired) electrons. The summed E-state index contributed by atoms with van der Waals surface area (Å²) in [5.74, 6) is 0. The highest BCUT2D eigenvalue weighted by molar-refractivity contribution is 5.85. The third-order valence-electron chi connectivity index (χ3n) is 2.35. The van der Waals surface area contributed by atoms with Crippen molar-refractivity contribution in [1.29, 1.82) is 0 Å². The summed E-state index contributed by atoms with van der Waals surface area (Å²) in [6.07, 6.45) is 3.82. The van der Waals surface area contributed by atoms with Crippen LogP contribution in [0.2, 0.25) is 0 Å². The maximum Gasteiger partial charge on any atom is 0.138 e. The number of aliphatic hydroxyl groups is 1. The second-order valence-electron chi connectivity index (χ2n) is 3.65. The highest BCUT2D eigenvalue weighted by atomic mass is 35.5. The Kier molecular flexibility index (Phi) is 5.09. The number of rotatable bonds is 4. The van der Waals surface area contributed by atoms with Gasteiger partial charge >= 0.3 is 0 Å². The number of hydrogen-bond acceptors (Lipinski definition) is 4. The van der Waals surface area contributed by atoms with Crippen LogP contribution in [-0.4, -0.2) is 32.5 Å². The molecule has 0 saturated carbocycles. The molecule has 0 saturated heterocycles. The molecule has 2 aromatic rings. The molecule has 0 aliphatic carbocycles. The second kappa shape index (κ2) is 6.34. The SMILES string of the molecule is Cl.NC(CO)Cc1ccc(-n2cncn2)cc1. The first kappa shape index (κ1) is 13.6. The molecule has 0 spiro atoms. The fourth-order valence-corrected chi connectivity index (χ4v) is 1.49. The van der Waals surface area contributed by atoms with E-state index in [4.69, 9.17) is 10.8 Å². The molecule has 2 rings (SSSR count). The van der Waals surface area contributed by atoms with E-state index in [1.54, 1.807) is 11.0 Å². The molecule has 0 aliphatic rings. The van der Waals surface area contributed by atoms with E-state index in [9.17, 15) is 0 Å². The van der Waals surface area contributed by atoms with E-state index in [0.29, 0.717) is 6.42 Å². The zero-order chi connectivity index (χ0) is 11.4. The van der Waals surface area contributed by atoms with E-state index in [1.807, 2.05) is 24.3 Å². The average Bonchev–Trinajstić information content (AvgIpc) is 2.83. The van der Waals surface area contributed by atoms with Crippen LogP contribution in [0.1, 0.15) is 5.56 Å². The molecule has 1 unspecified atom stereocenters. The topological polar surface area (TPSA) is 77.0 Å². The smallest absolute Gasteiger partial charge is 0.138 e. The van der Waals surface area contributed by atoms with Gasteiger partial charge in [-0.25, -0.2) is 9.67 Å². The van der Waals surface area contributed by atoms with E-state index in [1.165, 1.54) is 6.33 Å². The summed E-state index contributed by atoms with van der Waals surface area (Å²) < 4.78 is 1.69. The van der Waals surface area contributed by atoms with Gasteiger partial charge in [0.2, 0.25) is 0 Å². The lowest BCUT2D eigenvalue weighted by Crippen LogP contribution is -2.26. The normalized spacial score (nSPS) is 11.9. The van der Waals surface area contributed by atoms with Crippen molar-refractivity contribution in [2.45, 2.75) is 12.5 Å². The molecular formula is C11H15ClN4O. The van der Waals surface area contributed by atoms with Gasteiger partial charge < -0.3 is 10.8 Å². The van der Waals surface area contributed by atoms with Crippen LogP contribution >= 0.6 is 12.4 Å². The fraction of sp³-hybridized carbons (Fsp3) is 0.273. The van der Waals surface area contributed by atoms with Crippen LogP contribution in [0.25, 0.3) is 5.69 Å². The van der Waals surface area contributed by atoms with E-state index < -0.39 is 0 Å². The standard InChI is InChI=1S/C11H14N4O.ClH/c12-10(6-16)5-9-1-3-11(4-2-9)15-8-13-7-14-15;/h1-4,7-8,10,16H,5-6,12H2;1H. The van der Waals surface area contributed by atoms with Gasteiger partial charge in [-0.3, -0.25) is 0 Å². The fourth-order valence-electron chi connectivity index (χ4n) is 1.49. The maximum atomic E-state index is 8.85. The van der Waals surface area contributed by atoms with Gasteiger partial charge in [0, 0.05) is 6.04 Å². The summed E-state index contributed by atoms with van der Waals surface area (Å²) in [5, 5.41) is 12.9. The molecule has 0 aliphatic heterocycles. The van der Waals surface area contributed by atoms with Crippen molar-refractivity contribution in [2.75, 3.05) is 6.61 Å². The second-order valence-corrected chi connectivity index (χ2v) is 3.65. The Morgan fingerprint density at radius 1 is 1.29 bits per heavy atom. The lowest BCUT2D eigenvalue weighted by molar-refractivity contribution is 0.265. The van der Waals surface area contributed by atoms with Crippen LogP contribution in [0.15, 0.2) is 36.9 Å². The number of halogens is 1. The zero-order valence-corrected chi connectivity index (χ0v) is 10.0. The number of hydrogen-bond donors (Lipinski definition) is 2. The van der Waals surface area contributed by atoms with Crippen LogP contribution in [0.4, 0.5) is 0 Å². The quantitative estimate of drug-likeness (QED) is 0.836. The minimum atomic E-state index is -0.197. The van der Waals surface area contributed by atoms with Crippen molar-refractivity contribution in [3.05, 3.63) is 42.5 Å². The highest BCUT2D eigenvalue weighted by Crippen LogP contribution is 2.09. The van der Waals surface area contributed by atoms with Crippen molar-refractivity contribution in [3.8, 4) is 5.69 Å². The molecule has 1 aromatic carbocycles.